The number of carbonyl (C=O) groups is 1. The molecule has 0 spiro atoms. The highest BCUT2D eigenvalue weighted by molar-refractivity contribution is 6.04. The zero-order valence-electron chi connectivity index (χ0n) is 18.7. The molecule has 3 aromatic rings. The number of ether oxygens (including phenoxy) is 2. The van der Waals surface area contributed by atoms with Gasteiger partial charge in [0.2, 0.25) is 0 Å². The summed E-state index contributed by atoms with van der Waals surface area (Å²) in [6.07, 6.45) is 2.14. The standard InChI is InChI=1S/C22H29N7O3/c1-22(2,24)11-25-17-10-16(12-5-6-12)27-21-18(19(23)30)20(28-29(17)21)26-13-7-14(31-3)9-15(8-13)32-4/h7-10,12,25H,5-6,11,24H2,1-4H3,(H2,23,30)(H,26,28). The van der Waals surface area contributed by atoms with Crippen LogP contribution in [0.2, 0.25) is 0 Å². The first-order valence-corrected chi connectivity index (χ1v) is 10.4. The lowest BCUT2D eigenvalue weighted by molar-refractivity contribution is 0.100. The fourth-order valence-electron chi connectivity index (χ4n) is 3.40. The predicted octanol–water partition coefficient (Wildman–Crippen LogP) is 2.62. The van der Waals surface area contributed by atoms with Crippen molar-refractivity contribution in [2.24, 2.45) is 11.5 Å². The molecule has 1 aliphatic carbocycles. The third kappa shape index (κ3) is 4.54. The quantitative estimate of drug-likeness (QED) is 0.399. The maximum absolute atomic E-state index is 12.5. The van der Waals surface area contributed by atoms with Gasteiger partial charge in [-0.3, -0.25) is 4.79 Å². The summed E-state index contributed by atoms with van der Waals surface area (Å²) >= 11 is 0. The van der Waals surface area contributed by atoms with Gasteiger partial charge < -0.3 is 31.6 Å². The van der Waals surface area contributed by atoms with Crippen molar-refractivity contribution in [1.29, 1.82) is 0 Å². The minimum atomic E-state index is -0.622. The summed E-state index contributed by atoms with van der Waals surface area (Å²) < 4.78 is 12.3. The lowest BCUT2D eigenvalue weighted by Gasteiger charge is -2.20. The Hall–Kier alpha value is -3.53. The number of anilines is 3. The first-order chi connectivity index (χ1) is 15.2. The number of primary amides is 1. The number of aromatic nitrogens is 3. The molecule has 1 aromatic carbocycles. The first kappa shape index (κ1) is 21.7. The van der Waals surface area contributed by atoms with E-state index in [1.807, 2.05) is 19.9 Å². The van der Waals surface area contributed by atoms with Crippen molar-refractivity contribution in [2.75, 3.05) is 31.4 Å². The van der Waals surface area contributed by atoms with Gasteiger partial charge in [-0.1, -0.05) is 0 Å². The second kappa shape index (κ2) is 8.19. The van der Waals surface area contributed by atoms with Crippen molar-refractivity contribution < 1.29 is 14.3 Å². The molecular formula is C22H29N7O3. The first-order valence-electron chi connectivity index (χ1n) is 10.4. The number of carbonyl (C=O) groups excluding carboxylic acids is 1. The zero-order chi connectivity index (χ0) is 23.0. The van der Waals surface area contributed by atoms with Gasteiger partial charge in [0.15, 0.2) is 11.5 Å². The highest BCUT2D eigenvalue weighted by Crippen LogP contribution is 2.40. The molecule has 4 rings (SSSR count). The molecule has 0 radical (unpaired) electrons. The number of hydrogen-bond acceptors (Lipinski definition) is 8. The lowest BCUT2D eigenvalue weighted by Crippen LogP contribution is -2.40. The van der Waals surface area contributed by atoms with Crippen LogP contribution in [0, 0.1) is 0 Å². The highest BCUT2D eigenvalue weighted by Gasteiger charge is 2.29. The fraction of sp³-hybridized carbons (Fsp3) is 0.409. The van der Waals surface area contributed by atoms with E-state index >= 15 is 0 Å². The summed E-state index contributed by atoms with van der Waals surface area (Å²) in [7, 11) is 3.14. The highest BCUT2D eigenvalue weighted by atomic mass is 16.5. The third-order valence-electron chi connectivity index (χ3n) is 5.19. The molecule has 0 bridgehead atoms. The molecule has 1 fully saturated rings. The van der Waals surface area contributed by atoms with Crippen LogP contribution in [0.3, 0.4) is 0 Å². The predicted molar refractivity (Wildman–Crippen MR) is 123 cm³/mol. The molecule has 10 heteroatoms. The van der Waals surface area contributed by atoms with Crippen LogP contribution >= 0.6 is 0 Å². The summed E-state index contributed by atoms with van der Waals surface area (Å²) in [5, 5.41) is 11.1. The van der Waals surface area contributed by atoms with Crippen LogP contribution in [-0.4, -0.2) is 46.8 Å². The van der Waals surface area contributed by atoms with E-state index < -0.39 is 11.4 Å². The summed E-state index contributed by atoms with van der Waals surface area (Å²) in [6.45, 7) is 4.38. The van der Waals surface area contributed by atoms with Crippen LogP contribution in [0.5, 0.6) is 11.5 Å². The molecule has 1 saturated carbocycles. The van der Waals surface area contributed by atoms with E-state index in [4.69, 9.17) is 25.9 Å². The Morgan fingerprint density at radius 3 is 2.38 bits per heavy atom. The minimum absolute atomic E-state index is 0.212. The van der Waals surface area contributed by atoms with E-state index in [0.29, 0.717) is 46.9 Å². The normalized spacial score (nSPS) is 13.8. The van der Waals surface area contributed by atoms with Crippen LogP contribution in [0.4, 0.5) is 17.3 Å². The second-order valence-corrected chi connectivity index (χ2v) is 8.73. The topological polar surface area (TPSA) is 142 Å². The van der Waals surface area contributed by atoms with Gasteiger partial charge >= 0.3 is 0 Å². The lowest BCUT2D eigenvalue weighted by atomic mass is 10.1. The van der Waals surface area contributed by atoms with E-state index in [-0.39, 0.29) is 5.56 Å². The monoisotopic (exact) mass is 439 g/mol. The number of methoxy groups -OCH3 is 2. The number of nitrogens with two attached hydrogens (primary N) is 2. The van der Waals surface area contributed by atoms with Crippen LogP contribution in [0.25, 0.3) is 5.65 Å². The van der Waals surface area contributed by atoms with Crippen LogP contribution in [0.15, 0.2) is 24.3 Å². The average molecular weight is 440 g/mol. The van der Waals surface area contributed by atoms with Gasteiger partial charge in [-0.2, -0.15) is 4.52 Å². The molecule has 2 heterocycles. The number of benzene rings is 1. The Morgan fingerprint density at radius 2 is 1.84 bits per heavy atom. The van der Waals surface area contributed by atoms with E-state index in [2.05, 4.69) is 15.7 Å². The maximum Gasteiger partial charge on any atom is 0.256 e. The fourth-order valence-corrected chi connectivity index (χ4v) is 3.40. The molecule has 1 aliphatic rings. The summed E-state index contributed by atoms with van der Waals surface area (Å²) in [6, 6.07) is 7.27. The largest absolute Gasteiger partial charge is 0.497 e. The molecule has 170 valence electrons. The molecule has 32 heavy (non-hydrogen) atoms. The molecule has 0 unspecified atom stereocenters. The number of hydrogen-bond donors (Lipinski definition) is 4. The van der Waals surface area contributed by atoms with Crippen molar-refractivity contribution in [1.82, 2.24) is 14.6 Å². The molecular weight excluding hydrogens is 410 g/mol. The maximum atomic E-state index is 12.5. The van der Waals surface area contributed by atoms with Gasteiger partial charge in [-0.05, 0) is 26.7 Å². The van der Waals surface area contributed by atoms with Crippen molar-refractivity contribution in [2.45, 2.75) is 38.1 Å². The molecule has 6 N–H and O–H groups in total. The minimum Gasteiger partial charge on any atom is -0.497 e. The van der Waals surface area contributed by atoms with Crippen LogP contribution in [-0.2, 0) is 0 Å². The van der Waals surface area contributed by atoms with Crippen molar-refractivity contribution in [3.63, 3.8) is 0 Å². The van der Waals surface area contributed by atoms with Crippen LogP contribution < -0.4 is 31.6 Å². The smallest absolute Gasteiger partial charge is 0.256 e. The molecule has 0 aliphatic heterocycles. The van der Waals surface area contributed by atoms with E-state index in [1.54, 1.807) is 36.9 Å². The summed E-state index contributed by atoms with van der Waals surface area (Å²) in [4.78, 5) is 17.2. The molecule has 2 aromatic heterocycles. The van der Waals surface area contributed by atoms with E-state index in [1.165, 1.54) is 0 Å². The molecule has 0 saturated heterocycles. The van der Waals surface area contributed by atoms with Gasteiger partial charge in [0.05, 0.1) is 14.2 Å². The Bertz CT molecular complexity index is 1140. The Balaban J connectivity index is 1.82. The van der Waals surface area contributed by atoms with Crippen molar-refractivity contribution in [3.8, 4) is 11.5 Å². The summed E-state index contributed by atoms with van der Waals surface area (Å²) in [5.74, 6) is 1.94. The Morgan fingerprint density at radius 1 is 1.19 bits per heavy atom. The number of fused-ring (bicyclic) bond motifs is 1. The molecule has 1 amide bonds. The van der Waals surface area contributed by atoms with E-state index in [0.717, 1.165) is 18.5 Å². The molecule has 10 nitrogen and oxygen atoms in total. The van der Waals surface area contributed by atoms with Gasteiger partial charge in [-0.25, -0.2) is 4.98 Å². The van der Waals surface area contributed by atoms with Gasteiger partial charge in [0.1, 0.15) is 22.9 Å². The zero-order valence-corrected chi connectivity index (χ0v) is 18.7. The third-order valence-corrected chi connectivity index (χ3v) is 5.19. The Labute approximate surface area is 186 Å². The number of nitrogens with zero attached hydrogens (tertiary/aromatic N) is 3. The number of nitrogens with one attached hydrogen (secondary N) is 2. The van der Waals surface area contributed by atoms with Crippen LogP contribution in [0.1, 0.15) is 48.7 Å². The van der Waals surface area contributed by atoms with E-state index in [9.17, 15) is 4.79 Å². The number of amides is 1. The van der Waals surface area contributed by atoms with Crippen molar-refractivity contribution >= 4 is 28.9 Å². The number of rotatable bonds is 9. The van der Waals surface area contributed by atoms with Gasteiger partial charge in [0.25, 0.3) is 5.91 Å². The SMILES string of the molecule is COc1cc(Nc2nn3c(NCC(C)(C)N)cc(C4CC4)nc3c2C(N)=O)cc(OC)c1. The van der Waals surface area contributed by atoms with Gasteiger partial charge in [0, 0.05) is 53.6 Å². The Kier molecular flexibility index (Phi) is 5.55. The van der Waals surface area contributed by atoms with Gasteiger partial charge in [-0.15, -0.1) is 5.10 Å². The average Bonchev–Trinajstić information content (AvgIpc) is 3.52. The molecule has 0 atom stereocenters. The summed E-state index contributed by atoms with van der Waals surface area (Å²) in [5.41, 5.74) is 13.6. The van der Waals surface area contributed by atoms with Crippen molar-refractivity contribution in [3.05, 3.63) is 35.5 Å². The second-order valence-electron chi connectivity index (χ2n) is 8.73.